The number of nitrogens with two attached hydrogens (primary N) is 1. The fraction of sp³-hybridized carbons (Fsp3) is 0.368. The minimum absolute atomic E-state index is 0.224. The van der Waals surface area contributed by atoms with Gasteiger partial charge in [0, 0.05) is 23.8 Å². The Morgan fingerprint density at radius 1 is 1.36 bits per heavy atom. The second-order valence-corrected chi connectivity index (χ2v) is 7.86. The van der Waals surface area contributed by atoms with Crippen molar-refractivity contribution in [3.8, 4) is 5.75 Å². The largest absolute Gasteiger partial charge is 0.468 e. The smallest absolute Gasteiger partial charge is 0.238 e. The molecule has 1 saturated heterocycles. The molecule has 2 amide bonds. The van der Waals surface area contributed by atoms with E-state index in [0.29, 0.717) is 13.0 Å². The molecule has 3 atom stereocenters. The predicted molar refractivity (Wildman–Crippen MR) is 95.3 cm³/mol. The molecule has 6 heteroatoms. The van der Waals surface area contributed by atoms with E-state index in [1.165, 1.54) is 4.88 Å². The number of hydrogen-bond donors (Lipinski definition) is 1. The number of benzene rings is 1. The van der Waals surface area contributed by atoms with Crippen molar-refractivity contribution in [2.45, 2.75) is 31.4 Å². The van der Waals surface area contributed by atoms with Crippen molar-refractivity contribution >= 4 is 23.2 Å². The number of piperidine rings is 1. The summed E-state index contributed by atoms with van der Waals surface area (Å²) in [6.45, 7) is 2.44. The number of nitrogens with zero attached hydrogens (tertiary/aromatic N) is 1. The Morgan fingerprint density at radius 2 is 2.16 bits per heavy atom. The number of hydrogen-bond acceptors (Lipinski definition) is 4. The standard InChI is InChI=1S/C19H20N2O3S/c1-19-11-14(13-6-2-3-7-15(13)24-19)16(17(20)22)18(23)21(19)9-8-12-5-4-10-25-12/h2-7,10,14,16H,8-9,11H2,1H3,(H2,20,22). The molecule has 0 saturated carbocycles. The Morgan fingerprint density at radius 3 is 2.88 bits per heavy atom. The van der Waals surface area contributed by atoms with E-state index in [0.717, 1.165) is 17.7 Å². The molecule has 0 spiro atoms. The van der Waals surface area contributed by atoms with Gasteiger partial charge in [0.1, 0.15) is 11.7 Å². The van der Waals surface area contributed by atoms with Crippen LogP contribution in [-0.4, -0.2) is 29.0 Å². The van der Waals surface area contributed by atoms with Crippen molar-refractivity contribution in [1.29, 1.82) is 0 Å². The normalized spacial score (nSPS) is 27.6. The highest BCUT2D eigenvalue weighted by Gasteiger charge is 2.55. The summed E-state index contributed by atoms with van der Waals surface area (Å²) in [6, 6.07) is 11.7. The van der Waals surface area contributed by atoms with Crippen LogP contribution in [0.4, 0.5) is 0 Å². The Kier molecular flexibility index (Phi) is 3.80. The number of likely N-dealkylation sites (tertiary alicyclic amines) is 1. The number of thiophene rings is 1. The van der Waals surface area contributed by atoms with E-state index in [-0.39, 0.29) is 11.8 Å². The van der Waals surface area contributed by atoms with Crippen molar-refractivity contribution in [3.63, 3.8) is 0 Å². The quantitative estimate of drug-likeness (QED) is 0.856. The van der Waals surface area contributed by atoms with Crippen LogP contribution in [0.25, 0.3) is 0 Å². The molecule has 1 fully saturated rings. The summed E-state index contributed by atoms with van der Waals surface area (Å²) in [5, 5.41) is 2.02. The maximum Gasteiger partial charge on any atom is 0.238 e. The zero-order chi connectivity index (χ0) is 17.6. The number of primary amides is 1. The van der Waals surface area contributed by atoms with Gasteiger partial charge in [-0.1, -0.05) is 24.3 Å². The van der Waals surface area contributed by atoms with Gasteiger partial charge in [0.15, 0.2) is 5.72 Å². The van der Waals surface area contributed by atoms with Crippen molar-refractivity contribution in [2.24, 2.45) is 11.7 Å². The monoisotopic (exact) mass is 356 g/mol. The summed E-state index contributed by atoms with van der Waals surface area (Å²) in [7, 11) is 0. The zero-order valence-corrected chi connectivity index (χ0v) is 14.8. The third kappa shape index (κ3) is 2.61. The second kappa shape index (κ2) is 5.88. The third-order valence-electron chi connectivity index (χ3n) is 5.22. The number of rotatable bonds is 4. The molecule has 3 heterocycles. The van der Waals surface area contributed by atoms with Gasteiger partial charge in [0.05, 0.1) is 0 Å². The van der Waals surface area contributed by atoms with Gasteiger partial charge in [-0.15, -0.1) is 11.3 Å². The molecular weight excluding hydrogens is 336 g/mol. The molecule has 25 heavy (non-hydrogen) atoms. The maximum atomic E-state index is 13.1. The van der Waals surface area contributed by atoms with Crippen molar-refractivity contribution in [1.82, 2.24) is 4.90 Å². The van der Waals surface area contributed by atoms with Crippen LogP contribution in [0.2, 0.25) is 0 Å². The summed E-state index contributed by atoms with van der Waals surface area (Å²) in [5.74, 6) is -1.10. The fourth-order valence-corrected chi connectivity index (χ4v) is 4.75. The molecular formula is C19H20N2O3S. The molecule has 2 aliphatic heterocycles. The molecule has 3 unspecified atom stereocenters. The van der Waals surface area contributed by atoms with Crippen LogP contribution in [-0.2, 0) is 16.0 Å². The number of amides is 2. The predicted octanol–water partition coefficient (Wildman–Crippen LogP) is 2.52. The van der Waals surface area contributed by atoms with Gasteiger partial charge in [-0.2, -0.15) is 0 Å². The van der Waals surface area contributed by atoms with Crippen LogP contribution in [0.1, 0.15) is 29.7 Å². The summed E-state index contributed by atoms with van der Waals surface area (Å²) in [5.41, 5.74) is 5.77. The Balaban J connectivity index is 1.71. The van der Waals surface area contributed by atoms with Gasteiger partial charge >= 0.3 is 0 Å². The van der Waals surface area contributed by atoms with Crippen molar-refractivity contribution in [2.75, 3.05) is 6.54 Å². The van der Waals surface area contributed by atoms with Crippen LogP contribution < -0.4 is 10.5 Å². The van der Waals surface area contributed by atoms with E-state index in [2.05, 4.69) is 0 Å². The Labute approximate surface area is 150 Å². The Hall–Kier alpha value is -2.34. The van der Waals surface area contributed by atoms with E-state index in [9.17, 15) is 9.59 Å². The average molecular weight is 356 g/mol. The first-order valence-electron chi connectivity index (χ1n) is 8.41. The van der Waals surface area contributed by atoms with Gasteiger partial charge in [-0.3, -0.25) is 9.59 Å². The van der Waals surface area contributed by atoms with E-state index in [1.807, 2.05) is 48.7 Å². The fourth-order valence-electron chi connectivity index (χ4n) is 4.06. The third-order valence-corrected chi connectivity index (χ3v) is 6.16. The molecule has 0 aliphatic carbocycles. The molecule has 1 aromatic heterocycles. The molecule has 0 radical (unpaired) electrons. The van der Waals surface area contributed by atoms with Crippen LogP contribution in [0.3, 0.4) is 0 Å². The molecule has 2 bridgehead atoms. The highest BCUT2D eigenvalue weighted by Crippen LogP contribution is 2.49. The van der Waals surface area contributed by atoms with Crippen molar-refractivity contribution in [3.05, 3.63) is 52.2 Å². The minimum Gasteiger partial charge on any atom is -0.468 e. The SMILES string of the molecule is CC12CC(c3ccccc3O1)C(C(N)=O)C(=O)N2CCc1cccs1. The molecule has 2 aliphatic rings. The lowest BCUT2D eigenvalue weighted by atomic mass is 9.73. The first-order valence-corrected chi connectivity index (χ1v) is 9.29. The summed E-state index contributed by atoms with van der Waals surface area (Å²) >= 11 is 1.66. The highest BCUT2D eigenvalue weighted by atomic mass is 32.1. The van der Waals surface area contributed by atoms with Crippen LogP contribution in [0.5, 0.6) is 5.75 Å². The van der Waals surface area contributed by atoms with Gasteiger partial charge in [0.25, 0.3) is 0 Å². The van der Waals surface area contributed by atoms with Crippen LogP contribution >= 0.6 is 11.3 Å². The van der Waals surface area contributed by atoms with E-state index >= 15 is 0 Å². The Bertz CT molecular complexity index is 820. The van der Waals surface area contributed by atoms with Crippen molar-refractivity contribution < 1.29 is 14.3 Å². The molecule has 1 aromatic carbocycles. The van der Waals surface area contributed by atoms with Gasteiger partial charge in [0.2, 0.25) is 11.8 Å². The average Bonchev–Trinajstić information content (AvgIpc) is 3.07. The molecule has 4 rings (SSSR count). The summed E-state index contributed by atoms with van der Waals surface area (Å²) in [6.07, 6.45) is 1.31. The topological polar surface area (TPSA) is 72.6 Å². The number of carbonyl (C=O) groups is 2. The summed E-state index contributed by atoms with van der Waals surface area (Å²) in [4.78, 5) is 28.1. The minimum atomic E-state index is -0.832. The molecule has 2 N–H and O–H groups in total. The van der Waals surface area contributed by atoms with Crippen LogP contribution in [0, 0.1) is 5.92 Å². The number of ether oxygens (including phenoxy) is 1. The number of para-hydroxylation sites is 1. The lowest BCUT2D eigenvalue weighted by molar-refractivity contribution is -0.175. The lowest BCUT2D eigenvalue weighted by Gasteiger charge is -2.52. The van der Waals surface area contributed by atoms with E-state index in [4.69, 9.17) is 10.5 Å². The maximum absolute atomic E-state index is 13.1. The van der Waals surface area contributed by atoms with Gasteiger partial charge in [-0.05, 0) is 36.4 Å². The molecule has 2 aromatic rings. The van der Waals surface area contributed by atoms with E-state index < -0.39 is 17.6 Å². The lowest BCUT2D eigenvalue weighted by Crippen LogP contribution is -2.64. The van der Waals surface area contributed by atoms with Crippen LogP contribution in [0.15, 0.2) is 41.8 Å². The number of fused-ring (bicyclic) bond motifs is 4. The molecule has 130 valence electrons. The molecule has 5 nitrogen and oxygen atoms in total. The summed E-state index contributed by atoms with van der Waals surface area (Å²) < 4.78 is 6.23. The first kappa shape index (κ1) is 16.1. The second-order valence-electron chi connectivity index (χ2n) is 6.82. The van der Waals surface area contributed by atoms with E-state index in [1.54, 1.807) is 16.2 Å². The number of carbonyl (C=O) groups excluding carboxylic acids is 2. The zero-order valence-electron chi connectivity index (χ0n) is 14.0. The van der Waals surface area contributed by atoms with Gasteiger partial charge in [-0.25, -0.2) is 0 Å². The van der Waals surface area contributed by atoms with Gasteiger partial charge < -0.3 is 15.4 Å². The highest BCUT2D eigenvalue weighted by molar-refractivity contribution is 7.09. The first-order chi connectivity index (χ1) is 12.0.